The van der Waals surface area contributed by atoms with E-state index in [0.29, 0.717) is 13.2 Å². The second-order valence-corrected chi connectivity index (χ2v) is 6.16. The molecule has 0 unspecified atom stereocenters. The number of H-pyrrole nitrogens is 1. The number of hydrogen-bond donors (Lipinski definition) is 2. The van der Waals surface area contributed by atoms with Crippen molar-refractivity contribution in [2.24, 2.45) is 0 Å². The number of nitrogens with one attached hydrogen (secondary N) is 2. The van der Waals surface area contributed by atoms with Crippen LogP contribution in [0.25, 0.3) is 0 Å². The van der Waals surface area contributed by atoms with E-state index in [1.807, 2.05) is 30.9 Å². The maximum atomic E-state index is 12.6. The van der Waals surface area contributed by atoms with Crippen LogP contribution in [0.2, 0.25) is 0 Å². The molecule has 1 atom stereocenters. The van der Waals surface area contributed by atoms with E-state index in [9.17, 15) is 4.79 Å². The number of hydrogen-bond acceptors (Lipinski definition) is 4. The average Bonchev–Trinajstić information content (AvgIpc) is 3.27. The largest absolute Gasteiger partial charge is 0.461 e. The normalized spacial score (nSPS) is 17.5. The molecule has 0 spiro atoms. The Morgan fingerprint density at radius 2 is 2.33 bits per heavy atom. The van der Waals surface area contributed by atoms with Crippen LogP contribution in [0.4, 0.5) is 4.79 Å². The van der Waals surface area contributed by atoms with Crippen LogP contribution in [0.1, 0.15) is 47.4 Å². The monoisotopic (exact) mass is 332 g/mol. The molecule has 1 fully saturated rings. The number of aromatic amines is 1. The number of aromatic nitrogens is 2. The van der Waals surface area contributed by atoms with E-state index in [2.05, 4.69) is 15.5 Å². The highest BCUT2D eigenvalue weighted by molar-refractivity contribution is 5.75. The second-order valence-electron chi connectivity index (χ2n) is 6.16. The van der Waals surface area contributed by atoms with E-state index in [-0.39, 0.29) is 12.1 Å². The molecule has 7 heteroatoms. The number of rotatable bonds is 5. The lowest BCUT2D eigenvalue weighted by Crippen LogP contribution is -2.39. The van der Waals surface area contributed by atoms with Gasteiger partial charge in [-0.15, -0.1) is 0 Å². The van der Waals surface area contributed by atoms with Gasteiger partial charge in [0, 0.05) is 31.5 Å². The maximum Gasteiger partial charge on any atom is 0.318 e. The zero-order chi connectivity index (χ0) is 17.1. The van der Waals surface area contributed by atoms with Gasteiger partial charge < -0.3 is 19.4 Å². The summed E-state index contributed by atoms with van der Waals surface area (Å²) < 4.78 is 10.9. The molecule has 2 aromatic heterocycles. The highest BCUT2D eigenvalue weighted by Crippen LogP contribution is 2.33. The van der Waals surface area contributed by atoms with Crippen LogP contribution in [0, 0.1) is 13.8 Å². The number of nitrogens with zero attached hydrogens (tertiary/aromatic N) is 2. The summed E-state index contributed by atoms with van der Waals surface area (Å²) in [5, 5.41) is 10.1. The zero-order valence-electron chi connectivity index (χ0n) is 14.4. The molecule has 0 saturated carbocycles. The molecule has 2 aromatic rings. The average molecular weight is 332 g/mol. The number of amides is 2. The van der Waals surface area contributed by atoms with E-state index < -0.39 is 0 Å². The van der Waals surface area contributed by atoms with Gasteiger partial charge in [-0.1, -0.05) is 0 Å². The summed E-state index contributed by atoms with van der Waals surface area (Å²) in [6.45, 7) is 5.55. The number of methoxy groups -OCH3 is 1. The SMILES string of the molecule is COCc1ccc([C@@H]2CCCN2C(=O)NCc2c(C)n[nH]c2C)o1. The topological polar surface area (TPSA) is 83.4 Å². The molecule has 2 amide bonds. The van der Waals surface area contributed by atoms with Crippen molar-refractivity contribution < 1.29 is 13.9 Å². The standard InChI is InChI=1S/C17H24N4O3/c1-11-14(12(2)20-19-11)9-18-17(22)21-8-4-5-15(21)16-7-6-13(24-16)10-23-3/h6-7,15H,4-5,8-10H2,1-3H3,(H,18,22)(H,19,20)/t15-/m0/s1. The Labute approximate surface area is 141 Å². The van der Waals surface area contributed by atoms with Gasteiger partial charge in [-0.2, -0.15) is 5.10 Å². The summed E-state index contributed by atoms with van der Waals surface area (Å²) in [4.78, 5) is 14.4. The van der Waals surface area contributed by atoms with Crippen LogP contribution in [0.3, 0.4) is 0 Å². The molecule has 3 rings (SSSR count). The van der Waals surface area contributed by atoms with E-state index in [4.69, 9.17) is 9.15 Å². The fourth-order valence-electron chi connectivity index (χ4n) is 3.20. The Kier molecular flexibility index (Phi) is 4.89. The van der Waals surface area contributed by atoms with Crippen LogP contribution in [-0.2, 0) is 17.9 Å². The number of likely N-dealkylation sites (tertiary alicyclic amines) is 1. The van der Waals surface area contributed by atoms with Gasteiger partial charge in [0.2, 0.25) is 0 Å². The van der Waals surface area contributed by atoms with E-state index in [1.54, 1.807) is 7.11 Å². The maximum absolute atomic E-state index is 12.6. The highest BCUT2D eigenvalue weighted by Gasteiger charge is 2.32. The van der Waals surface area contributed by atoms with Crippen molar-refractivity contribution in [2.45, 2.75) is 45.9 Å². The van der Waals surface area contributed by atoms with Gasteiger partial charge in [0.05, 0.1) is 11.7 Å². The fraction of sp³-hybridized carbons (Fsp3) is 0.529. The molecule has 0 aromatic carbocycles. The number of carbonyl (C=O) groups excluding carboxylic acids is 1. The summed E-state index contributed by atoms with van der Waals surface area (Å²) in [6.07, 6.45) is 1.89. The van der Waals surface area contributed by atoms with Crippen LogP contribution in [0.15, 0.2) is 16.5 Å². The number of carbonyl (C=O) groups is 1. The van der Waals surface area contributed by atoms with Gasteiger partial charge in [-0.3, -0.25) is 5.10 Å². The minimum atomic E-state index is -0.0674. The summed E-state index contributed by atoms with van der Waals surface area (Å²) in [5.74, 6) is 1.61. The molecular formula is C17H24N4O3. The molecule has 24 heavy (non-hydrogen) atoms. The first kappa shape index (κ1) is 16.6. The number of ether oxygens (including phenoxy) is 1. The third-order valence-electron chi connectivity index (χ3n) is 4.51. The Bertz CT molecular complexity index is 687. The predicted molar refractivity (Wildman–Crippen MR) is 88.4 cm³/mol. The van der Waals surface area contributed by atoms with Crippen molar-refractivity contribution in [3.05, 3.63) is 40.6 Å². The van der Waals surface area contributed by atoms with Crippen LogP contribution in [0.5, 0.6) is 0 Å². The Morgan fingerprint density at radius 3 is 3.04 bits per heavy atom. The first-order valence-electron chi connectivity index (χ1n) is 8.22. The van der Waals surface area contributed by atoms with Gasteiger partial charge >= 0.3 is 6.03 Å². The van der Waals surface area contributed by atoms with E-state index in [0.717, 1.165) is 47.9 Å². The minimum absolute atomic E-state index is 0.0119. The summed E-state index contributed by atoms with van der Waals surface area (Å²) in [6, 6.07) is 3.77. The van der Waals surface area contributed by atoms with Gasteiger partial charge in [0.15, 0.2) is 0 Å². The lowest BCUT2D eigenvalue weighted by atomic mass is 10.1. The molecular weight excluding hydrogens is 308 g/mol. The lowest BCUT2D eigenvalue weighted by Gasteiger charge is -2.23. The van der Waals surface area contributed by atoms with Gasteiger partial charge in [-0.05, 0) is 38.8 Å². The van der Waals surface area contributed by atoms with E-state index >= 15 is 0 Å². The van der Waals surface area contributed by atoms with Crippen molar-refractivity contribution in [1.29, 1.82) is 0 Å². The summed E-state index contributed by atoms with van der Waals surface area (Å²) in [7, 11) is 1.64. The molecule has 1 saturated heterocycles. The Balaban J connectivity index is 1.65. The van der Waals surface area contributed by atoms with Crippen LogP contribution >= 0.6 is 0 Å². The highest BCUT2D eigenvalue weighted by atomic mass is 16.5. The molecule has 1 aliphatic heterocycles. The summed E-state index contributed by atoms with van der Waals surface area (Å²) >= 11 is 0. The molecule has 130 valence electrons. The second kappa shape index (κ2) is 7.09. The number of furan rings is 1. The minimum Gasteiger partial charge on any atom is -0.461 e. The van der Waals surface area contributed by atoms with Gasteiger partial charge in [0.25, 0.3) is 0 Å². The molecule has 0 radical (unpaired) electrons. The smallest absolute Gasteiger partial charge is 0.318 e. The third kappa shape index (κ3) is 3.31. The van der Waals surface area contributed by atoms with Crippen molar-refractivity contribution in [3.63, 3.8) is 0 Å². The zero-order valence-corrected chi connectivity index (χ0v) is 14.4. The van der Waals surface area contributed by atoms with Crippen LogP contribution in [-0.4, -0.2) is 34.8 Å². The molecule has 0 aliphatic carbocycles. The summed E-state index contributed by atoms with van der Waals surface area (Å²) in [5.41, 5.74) is 2.95. The first-order valence-corrected chi connectivity index (χ1v) is 8.22. The Hall–Kier alpha value is -2.28. The number of urea groups is 1. The van der Waals surface area contributed by atoms with Gasteiger partial charge in [0.1, 0.15) is 18.1 Å². The van der Waals surface area contributed by atoms with Crippen LogP contribution < -0.4 is 5.32 Å². The van der Waals surface area contributed by atoms with E-state index in [1.165, 1.54) is 0 Å². The lowest BCUT2D eigenvalue weighted by molar-refractivity contribution is 0.156. The number of aryl methyl sites for hydroxylation is 2. The molecule has 3 heterocycles. The molecule has 1 aliphatic rings. The predicted octanol–water partition coefficient (Wildman–Crippen LogP) is 2.81. The Morgan fingerprint density at radius 1 is 1.50 bits per heavy atom. The van der Waals surface area contributed by atoms with Crippen molar-refractivity contribution >= 4 is 6.03 Å². The molecule has 7 nitrogen and oxygen atoms in total. The molecule has 2 N–H and O–H groups in total. The third-order valence-corrected chi connectivity index (χ3v) is 4.51. The van der Waals surface area contributed by atoms with Gasteiger partial charge in [-0.25, -0.2) is 4.79 Å². The van der Waals surface area contributed by atoms with Crippen molar-refractivity contribution in [1.82, 2.24) is 20.4 Å². The van der Waals surface area contributed by atoms with Crippen molar-refractivity contribution in [2.75, 3.05) is 13.7 Å². The fourth-order valence-corrected chi connectivity index (χ4v) is 3.20. The molecule has 0 bridgehead atoms. The van der Waals surface area contributed by atoms with Crippen molar-refractivity contribution in [3.8, 4) is 0 Å². The quantitative estimate of drug-likeness (QED) is 0.882. The first-order chi connectivity index (χ1) is 11.6.